The first kappa shape index (κ1) is 19.4. The van der Waals surface area contributed by atoms with Gasteiger partial charge in [-0.1, -0.05) is 17.7 Å². The molecule has 28 heavy (non-hydrogen) atoms. The van der Waals surface area contributed by atoms with E-state index in [1.54, 1.807) is 18.2 Å². The lowest BCUT2D eigenvalue weighted by Crippen LogP contribution is -2.28. The van der Waals surface area contributed by atoms with E-state index in [0.717, 1.165) is 22.6 Å². The van der Waals surface area contributed by atoms with Crippen molar-refractivity contribution in [2.75, 3.05) is 19.8 Å². The summed E-state index contributed by atoms with van der Waals surface area (Å²) in [6.45, 7) is 5.27. The first-order valence-electron chi connectivity index (χ1n) is 9.20. The molecule has 0 saturated heterocycles. The molecule has 0 unspecified atom stereocenters. The predicted molar refractivity (Wildman–Crippen MR) is 108 cm³/mol. The fourth-order valence-corrected chi connectivity index (χ4v) is 2.57. The van der Waals surface area contributed by atoms with Gasteiger partial charge in [-0.15, -0.1) is 10.2 Å². The van der Waals surface area contributed by atoms with Gasteiger partial charge in [-0.25, -0.2) is 0 Å². The first-order chi connectivity index (χ1) is 13.7. The summed E-state index contributed by atoms with van der Waals surface area (Å²) < 4.78 is 11.0. The zero-order valence-corrected chi connectivity index (χ0v) is 16.0. The highest BCUT2D eigenvalue weighted by Crippen LogP contribution is 2.21. The maximum atomic E-state index is 12.0. The number of carbonyl (C=O) groups is 1. The molecule has 0 aliphatic rings. The van der Waals surface area contributed by atoms with Crippen LogP contribution in [0.15, 0.2) is 60.7 Å². The minimum Gasteiger partial charge on any atom is -0.494 e. The highest BCUT2D eigenvalue weighted by atomic mass is 16.5. The van der Waals surface area contributed by atoms with Crippen LogP contribution in [0.3, 0.4) is 0 Å². The van der Waals surface area contributed by atoms with Crippen LogP contribution in [0.1, 0.15) is 22.8 Å². The molecule has 0 aliphatic carbocycles. The number of benzene rings is 2. The van der Waals surface area contributed by atoms with E-state index in [1.807, 2.05) is 56.3 Å². The normalized spacial score (nSPS) is 10.4. The molecule has 6 nitrogen and oxygen atoms in total. The van der Waals surface area contributed by atoms with Crippen LogP contribution in [0.25, 0.3) is 11.3 Å². The van der Waals surface area contributed by atoms with Crippen LogP contribution in [0.5, 0.6) is 11.6 Å². The Morgan fingerprint density at radius 1 is 0.929 bits per heavy atom. The van der Waals surface area contributed by atoms with Crippen molar-refractivity contribution in [3.63, 3.8) is 0 Å². The lowest BCUT2D eigenvalue weighted by Gasteiger charge is -2.08. The molecule has 1 N–H and O–H groups in total. The summed E-state index contributed by atoms with van der Waals surface area (Å²) in [7, 11) is 0. The van der Waals surface area contributed by atoms with Gasteiger partial charge in [0.25, 0.3) is 5.91 Å². The Kier molecular flexibility index (Phi) is 6.57. The van der Waals surface area contributed by atoms with Gasteiger partial charge in [-0.05, 0) is 56.3 Å². The van der Waals surface area contributed by atoms with Crippen LogP contribution in [-0.4, -0.2) is 35.9 Å². The van der Waals surface area contributed by atoms with Crippen molar-refractivity contribution in [3.05, 3.63) is 71.8 Å². The number of amides is 1. The predicted octanol–water partition coefficient (Wildman–Crippen LogP) is 3.66. The van der Waals surface area contributed by atoms with E-state index >= 15 is 0 Å². The monoisotopic (exact) mass is 377 g/mol. The average molecular weight is 377 g/mol. The van der Waals surface area contributed by atoms with E-state index in [4.69, 9.17) is 9.47 Å². The molecule has 0 atom stereocenters. The van der Waals surface area contributed by atoms with Crippen molar-refractivity contribution in [1.29, 1.82) is 0 Å². The van der Waals surface area contributed by atoms with E-state index in [2.05, 4.69) is 15.5 Å². The van der Waals surface area contributed by atoms with Crippen molar-refractivity contribution in [2.24, 2.45) is 0 Å². The Morgan fingerprint density at radius 2 is 1.68 bits per heavy atom. The first-order valence-corrected chi connectivity index (χ1v) is 9.20. The number of ether oxygens (including phenoxy) is 2. The summed E-state index contributed by atoms with van der Waals surface area (Å²) in [5, 5.41) is 11.1. The van der Waals surface area contributed by atoms with Gasteiger partial charge in [0.05, 0.1) is 18.8 Å². The highest BCUT2D eigenvalue weighted by molar-refractivity contribution is 5.94. The molecule has 6 heteroatoms. The number of hydrogen-bond donors (Lipinski definition) is 1. The van der Waals surface area contributed by atoms with Crippen molar-refractivity contribution in [1.82, 2.24) is 15.5 Å². The number of aryl methyl sites for hydroxylation is 1. The Morgan fingerprint density at radius 3 is 2.32 bits per heavy atom. The second kappa shape index (κ2) is 9.50. The molecular formula is C22H23N3O3. The number of nitrogens with one attached hydrogen (secondary N) is 1. The van der Waals surface area contributed by atoms with Crippen LogP contribution in [0.4, 0.5) is 0 Å². The quantitative estimate of drug-likeness (QED) is 0.607. The van der Waals surface area contributed by atoms with Crippen molar-refractivity contribution < 1.29 is 14.3 Å². The van der Waals surface area contributed by atoms with Crippen LogP contribution >= 0.6 is 0 Å². The highest BCUT2D eigenvalue weighted by Gasteiger charge is 2.05. The van der Waals surface area contributed by atoms with Gasteiger partial charge in [0.15, 0.2) is 0 Å². The van der Waals surface area contributed by atoms with Crippen molar-refractivity contribution in [3.8, 4) is 22.9 Å². The third-order valence-corrected chi connectivity index (χ3v) is 4.05. The number of hydrogen-bond acceptors (Lipinski definition) is 5. The lowest BCUT2D eigenvalue weighted by atomic mass is 10.1. The molecule has 1 heterocycles. The van der Waals surface area contributed by atoms with Gasteiger partial charge in [0, 0.05) is 17.2 Å². The Labute approximate surface area is 164 Å². The Bertz CT molecular complexity index is 892. The van der Waals surface area contributed by atoms with E-state index < -0.39 is 0 Å². The molecule has 0 spiro atoms. The Balaban J connectivity index is 1.46. The maximum Gasteiger partial charge on any atom is 0.251 e. The van der Waals surface area contributed by atoms with Gasteiger partial charge in [0.1, 0.15) is 12.4 Å². The molecule has 1 aromatic heterocycles. The molecule has 0 aliphatic heterocycles. The summed E-state index contributed by atoms with van der Waals surface area (Å²) in [5.74, 6) is 1.12. The maximum absolute atomic E-state index is 12.0. The topological polar surface area (TPSA) is 73.3 Å². The van der Waals surface area contributed by atoms with E-state index in [1.165, 1.54) is 0 Å². The summed E-state index contributed by atoms with van der Waals surface area (Å²) in [5.41, 5.74) is 3.45. The number of carbonyl (C=O) groups excluding carboxylic acids is 1. The molecule has 1 amide bonds. The average Bonchev–Trinajstić information content (AvgIpc) is 2.73. The van der Waals surface area contributed by atoms with Crippen LogP contribution in [0, 0.1) is 6.92 Å². The number of nitrogens with zero attached hydrogens (tertiary/aromatic N) is 2. The fraction of sp³-hybridized carbons (Fsp3) is 0.227. The van der Waals surface area contributed by atoms with Gasteiger partial charge >= 0.3 is 0 Å². The molecular weight excluding hydrogens is 354 g/mol. The smallest absolute Gasteiger partial charge is 0.251 e. The molecule has 0 bridgehead atoms. The zero-order chi connectivity index (χ0) is 19.8. The minimum atomic E-state index is -0.125. The summed E-state index contributed by atoms with van der Waals surface area (Å²) >= 11 is 0. The molecule has 2 aromatic carbocycles. The van der Waals surface area contributed by atoms with Crippen LogP contribution in [-0.2, 0) is 0 Å². The summed E-state index contributed by atoms with van der Waals surface area (Å²) in [4.78, 5) is 12.0. The number of aromatic nitrogens is 2. The van der Waals surface area contributed by atoms with Gasteiger partial charge in [0.2, 0.25) is 5.88 Å². The second-order valence-corrected chi connectivity index (χ2v) is 6.18. The Hall–Kier alpha value is -3.41. The van der Waals surface area contributed by atoms with E-state index in [-0.39, 0.29) is 5.91 Å². The molecule has 0 fully saturated rings. The largest absolute Gasteiger partial charge is 0.494 e. The minimum absolute atomic E-state index is 0.125. The zero-order valence-electron chi connectivity index (χ0n) is 16.0. The van der Waals surface area contributed by atoms with Gasteiger partial charge in [-0.2, -0.15) is 0 Å². The third-order valence-electron chi connectivity index (χ3n) is 4.05. The molecule has 0 radical (unpaired) electrons. The summed E-state index contributed by atoms with van der Waals surface area (Å²) in [6, 6.07) is 18.7. The van der Waals surface area contributed by atoms with Crippen LogP contribution < -0.4 is 14.8 Å². The molecule has 3 rings (SSSR count). The van der Waals surface area contributed by atoms with E-state index in [9.17, 15) is 4.79 Å². The van der Waals surface area contributed by atoms with E-state index in [0.29, 0.717) is 31.2 Å². The molecule has 3 aromatic rings. The summed E-state index contributed by atoms with van der Waals surface area (Å²) in [6.07, 6.45) is 0. The molecule has 144 valence electrons. The SMILES string of the molecule is CCOc1ccc(-c2ccc(OCCNC(=O)c3ccc(C)cc3)nn2)cc1. The third kappa shape index (κ3) is 5.30. The second-order valence-electron chi connectivity index (χ2n) is 6.18. The fourth-order valence-electron chi connectivity index (χ4n) is 2.57. The van der Waals surface area contributed by atoms with Gasteiger partial charge < -0.3 is 14.8 Å². The molecule has 0 saturated carbocycles. The van der Waals surface area contributed by atoms with Crippen LogP contribution in [0.2, 0.25) is 0 Å². The van der Waals surface area contributed by atoms with Crippen molar-refractivity contribution >= 4 is 5.91 Å². The van der Waals surface area contributed by atoms with Crippen molar-refractivity contribution in [2.45, 2.75) is 13.8 Å². The standard InChI is InChI=1S/C22H23N3O3/c1-3-27-19-10-8-17(9-11-19)20-12-13-21(25-24-20)28-15-14-23-22(26)18-6-4-16(2)5-7-18/h4-13H,3,14-15H2,1-2H3,(H,23,26). The number of rotatable bonds is 8. The lowest BCUT2D eigenvalue weighted by molar-refractivity contribution is 0.0946. The van der Waals surface area contributed by atoms with Gasteiger partial charge in [-0.3, -0.25) is 4.79 Å².